The molecule has 2 N–H and O–H groups in total. The number of aromatic nitrogens is 3. The molecule has 0 bridgehead atoms. The molecule has 1 aliphatic heterocycles. The lowest BCUT2D eigenvalue weighted by Crippen LogP contribution is -2.42. The Balaban J connectivity index is 1.53. The predicted octanol–water partition coefficient (Wildman–Crippen LogP) is 2.89. The summed E-state index contributed by atoms with van der Waals surface area (Å²) >= 11 is 1.28. The first-order valence-corrected chi connectivity index (χ1v) is 11.0. The minimum Gasteiger partial charge on any atom is -0.369 e. The third-order valence-electron chi connectivity index (χ3n) is 5.32. The molecule has 9 heteroatoms. The summed E-state index contributed by atoms with van der Waals surface area (Å²) in [5.41, 5.74) is 6.94. The van der Waals surface area contributed by atoms with Gasteiger partial charge >= 0.3 is 0 Å². The van der Waals surface area contributed by atoms with E-state index in [0.29, 0.717) is 42.6 Å². The Morgan fingerprint density at radius 2 is 1.71 bits per heavy atom. The van der Waals surface area contributed by atoms with Gasteiger partial charge in [0, 0.05) is 30.3 Å². The zero-order valence-electron chi connectivity index (χ0n) is 16.8. The van der Waals surface area contributed by atoms with Crippen molar-refractivity contribution in [2.24, 2.45) is 11.7 Å². The lowest BCUT2D eigenvalue weighted by Gasteiger charge is -2.30. The van der Waals surface area contributed by atoms with Crippen LogP contribution < -0.4 is 5.73 Å². The molecule has 1 fully saturated rings. The number of hydrogen-bond acceptors (Lipinski definition) is 5. The van der Waals surface area contributed by atoms with E-state index in [0.717, 1.165) is 5.56 Å². The number of rotatable bonds is 6. The molecule has 0 saturated carbocycles. The molecule has 4 rings (SSSR count). The second kappa shape index (κ2) is 9.30. The number of primary amides is 1. The van der Waals surface area contributed by atoms with Crippen LogP contribution in [0.15, 0.2) is 59.8 Å². The largest absolute Gasteiger partial charge is 0.369 e. The Kier molecular flexibility index (Phi) is 6.31. The van der Waals surface area contributed by atoms with Crippen LogP contribution in [0, 0.1) is 11.7 Å². The van der Waals surface area contributed by atoms with E-state index >= 15 is 0 Å². The van der Waals surface area contributed by atoms with Gasteiger partial charge in [-0.3, -0.25) is 14.2 Å². The number of carbonyl (C=O) groups excluding carboxylic acids is 2. The number of piperidine rings is 1. The first-order chi connectivity index (χ1) is 15.0. The van der Waals surface area contributed by atoms with Gasteiger partial charge in [-0.15, -0.1) is 10.2 Å². The number of likely N-dealkylation sites (tertiary alicyclic amines) is 1. The molecule has 2 aromatic carbocycles. The number of carbonyl (C=O) groups is 2. The maximum absolute atomic E-state index is 13.5. The predicted molar refractivity (Wildman–Crippen MR) is 116 cm³/mol. The number of benzene rings is 2. The minimum atomic E-state index is -0.332. The number of nitrogens with two attached hydrogens (primary N) is 1. The third kappa shape index (κ3) is 4.77. The van der Waals surface area contributed by atoms with Crippen molar-refractivity contribution in [1.29, 1.82) is 0 Å². The minimum absolute atomic E-state index is 0.0252. The third-order valence-corrected chi connectivity index (χ3v) is 6.24. The second-order valence-electron chi connectivity index (χ2n) is 7.33. The van der Waals surface area contributed by atoms with Crippen LogP contribution >= 0.6 is 11.8 Å². The van der Waals surface area contributed by atoms with E-state index < -0.39 is 0 Å². The van der Waals surface area contributed by atoms with Crippen molar-refractivity contribution >= 4 is 23.6 Å². The molecule has 160 valence electrons. The summed E-state index contributed by atoms with van der Waals surface area (Å²) < 4.78 is 15.3. The van der Waals surface area contributed by atoms with E-state index in [4.69, 9.17) is 5.73 Å². The van der Waals surface area contributed by atoms with Gasteiger partial charge in [-0.2, -0.15) is 0 Å². The van der Waals surface area contributed by atoms with Crippen molar-refractivity contribution in [3.63, 3.8) is 0 Å². The zero-order valence-corrected chi connectivity index (χ0v) is 17.6. The van der Waals surface area contributed by atoms with E-state index in [1.807, 2.05) is 34.9 Å². The molecule has 0 unspecified atom stereocenters. The molecule has 31 heavy (non-hydrogen) atoms. The maximum atomic E-state index is 13.5. The summed E-state index contributed by atoms with van der Waals surface area (Å²) in [6.07, 6.45) is 1.19. The fourth-order valence-corrected chi connectivity index (χ4v) is 4.45. The van der Waals surface area contributed by atoms with E-state index in [1.54, 1.807) is 17.0 Å². The quantitative estimate of drug-likeness (QED) is 0.596. The van der Waals surface area contributed by atoms with Crippen LogP contribution in [-0.4, -0.2) is 50.3 Å². The first kappa shape index (κ1) is 21.0. The monoisotopic (exact) mass is 439 g/mol. The number of amides is 2. The van der Waals surface area contributed by atoms with Gasteiger partial charge in [0.15, 0.2) is 11.0 Å². The fraction of sp³-hybridized carbons (Fsp3) is 0.273. The molecule has 1 aromatic heterocycles. The number of hydrogen-bond donors (Lipinski definition) is 1. The van der Waals surface area contributed by atoms with Crippen LogP contribution in [0.1, 0.15) is 12.8 Å². The molecule has 2 heterocycles. The first-order valence-electron chi connectivity index (χ1n) is 9.99. The van der Waals surface area contributed by atoms with E-state index in [-0.39, 0.29) is 29.3 Å². The molecule has 0 atom stereocenters. The van der Waals surface area contributed by atoms with Gasteiger partial charge < -0.3 is 10.6 Å². The molecular weight excluding hydrogens is 417 g/mol. The van der Waals surface area contributed by atoms with Crippen LogP contribution in [0.2, 0.25) is 0 Å². The number of halogens is 1. The van der Waals surface area contributed by atoms with Gasteiger partial charge in [0.05, 0.1) is 5.75 Å². The average Bonchev–Trinajstić information content (AvgIpc) is 3.22. The van der Waals surface area contributed by atoms with Crippen LogP contribution in [-0.2, 0) is 9.59 Å². The Morgan fingerprint density at radius 3 is 2.35 bits per heavy atom. The number of nitrogens with zero attached hydrogens (tertiary/aromatic N) is 4. The van der Waals surface area contributed by atoms with Crippen molar-refractivity contribution in [2.75, 3.05) is 18.8 Å². The van der Waals surface area contributed by atoms with Crippen LogP contribution in [0.3, 0.4) is 0 Å². The van der Waals surface area contributed by atoms with Gasteiger partial charge in [0.25, 0.3) is 0 Å². The van der Waals surface area contributed by atoms with Crippen LogP contribution in [0.4, 0.5) is 4.39 Å². The van der Waals surface area contributed by atoms with E-state index in [1.165, 1.54) is 23.9 Å². The summed E-state index contributed by atoms with van der Waals surface area (Å²) in [6, 6.07) is 15.7. The Hall–Kier alpha value is -3.20. The lowest BCUT2D eigenvalue weighted by molar-refractivity contribution is -0.132. The normalized spacial score (nSPS) is 14.5. The van der Waals surface area contributed by atoms with Gasteiger partial charge in [0.1, 0.15) is 5.82 Å². The summed E-state index contributed by atoms with van der Waals surface area (Å²) in [7, 11) is 0. The molecule has 1 saturated heterocycles. The molecular formula is C22H22FN5O2S. The molecule has 1 aliphatic rings. The molecule has 0 aliphatic carbocycles. The van der Waals surface area contributed by atoms with Crippen LogP contribution in [0.25, 0.3) is 17.1 Å². The summed E-state index contributed by atoms with van der Waals surface area (Å²) in [5, 5.41) is 9.17. The van der Waals surface area contributed by atoms with Gasteiger partial charge in [-0.1, -0.05) is 42.1 Å². The van der Waals surface area contributed by atoms with Crippen LogP contribution in [0.5, 0.6) is 0 Å². The van der Waals surface area contributed by atoms with Crippen molar-refractivity contribution < 1.29 is 14.0 Å². The standard InChI is InChI=1S/C22H22FN5O2S/c23-17-6-8-18(9-7-17)28-21(16-4-2-1-3-5-16)25-26-22(28)31-14-19(29)27-12-10-15(11-13-27)20(24)30/h1-9,15H,10-14H2,(H2,24,30). The van der Waals surface area contributed by atoms with Gasteiger partial charge in [0.2, 0.25) is 11.8 Å². The van der Waals surface area contributed by atoms with Crippen molar-refractivity contribution in [1.82, 2.24) is 19.7 Å². The summed E-state index contributed by atoms with van der Waals surface area (Å²) in [6.45, 7) is 1.04. The van der Waals surface area contributed by atoms with Gasteiger partial charge in [-0.25, -0.2) is 4.39 Å². The average molecular weight is 440 g/mol. The second-order valence-corrected chi connectivity index (χ2v) is 8.27. The fourth-order valence-electron chi connectivity index (χ4n) is 3.59. The Labute approximate surface area is 183 Å². The molecule has 0 radical (unpaired) electrons. The molecule has 3 aromatic rings. The van der Waals surface area contributed by atoms with Crippen molar-refractivity contribution in [2.45, 2.75) is 18.0 Å². The topological polar surface area (TPSA) is 94.1 Å². The van der Waals surface area contributed by atoms with E-state index in [9.17, 15) is 14.0 Å². The number of thioether (sulfide) groups is 1. The Morgan fingerprint density at radius 1 is 1.03 bits per heavy atom. The van der Waals surface area contributed by atoms with E-state index in [2.05, 4.69) is 10.2 Å². The summed E-state index contributed by atoms with van der Waals surface area (Å²) in [4.78, 5) is 25.8. The highest BCUT2D eigenvalue weighted by atomic mass is 32.2. The molecule has 2 amide bonds. The highest BCUT2D eigenvalue weighted by Crippen LogP contribution is 2.28. The lowest BCUT2D eigenvalue weighted by atomic mass is 9.96. The maximum Gasteiger partial charge on any atom is 0.233 e. The SMILES string of the molecule is NC(=O)C1CCN(C(=O)CSc2nnc(-c3ccccc3)n2-c2ccc(F)cc2)CC1. The smallest absolute Gasteiger partial charge is 0.233 e. The van der Waals surface area contributed by atoms with Crippen molar-refractivity contribution in [3.05, 3.63) is 60.4 Å². The highest BCUT2D eigenvalue weighted by Gasteiger charge is 2.26. The Bertz CT molecular complexity index is 1060. The molecule has 0 spiro atoms. The highest BCUT2D eigenvalue weighted by molar-refractivity contribution is 7.99. The summed E-state index contributed by atoms with van der Waals surface area (Å²) in [5.74, 6) is -0.0156. The zero-order chi connectivity index (χ0) is 21.8. The van der Waals surface area contributed by atoms with Crippen molar-refractivity contribution in [3.8, 4) is 17.1 Å². The van der Waals surface area contributed by atoms with Gasteiger partial charge in [-0.05, 0) is 37.1 Å². The molecule has 7 nitrogen and oxygen atoms in total.